The van der Waals surface area contributed by atoms with E-state index in [2.05, 4.69) is 20.8 Å². The third kappa shape index (κ3) is 7.41. The Balaban J connectivity index is 1.48. The molecular formula is C25H31N5O4. The van der Waals surface area contributed by atoms with E-state index in [0.29, 0.717) is 50.0 Å². The van der Waals surface area contributed by atoms with Crippen molar-refractivity contribution in [2.24, 2.45) is 0 Å². The third-order valence-electron chi connectivity index (χ3n) is 5.10. The number of hydrogen-bond acceptors (Lipinski definition) is 6. The molecule has 0 spiro atoms. The Morgan fingerprint density at radius 1 is 1.15 bits per heavy atom. The summed E-state index contributed by atoms with van der Waals surface area (Å²) in [6.07, 6.45) is 1.22. The summed E-state index contributed by atoms with van der Waals surface area (Å²) in [5, 5.41) is 9.74. The molecule has 9 nitrogen and oxygen atoms in total. The average molecular weight is 466 g/mol. The second-order valence-electron chi connectivity index (χ2n) is 7.87. The predicted molar refractivity (Wildman–Crippen MR) is 130 cm³/mol. The molecule has 0 radical (unpaired) electrons. The number of carbonyl (C=O) groups excluding carboxylic acids is 2. The van der Waals surface area contributed by atoms with Crippen molar-refractivity contribution in [1.82, 2.24) is 20.4 Å². The molecule has 2 N–H and O–H groups in total. The van der Waals surface area contributed by atoms with Crippen molar-refractivity contribution in [1.29, 1.82) is 0 Å². The number of urea groups is 1. The number of aryl methyl sites for hydroxylation is 1. The Hall–Kier alpha value is -3.72. The Bertz CT molecular complexity index is 1080. The van der Waals surface area contributed by atoms with Crippen molar-refractivity contribution in [3.05, 3.63) is 65.5 Å². The zero-order valence-corrected chi connectivity index (χ0v) is 19.8. The highest BCUT2D eigenvalue weighted by molar-refractivity contribution is 5.94. The Morgan fingerprint density at radius 2 is 1.94 bits per heavy atom. The van der Waals surface area contributed by atoms with Gasteiger partial charge in [0.15, 0.2) is 5.82 Å². The van der Waals surface area contributed by atoms with E-state index in [1.807, 2.05) is 38.1 Å². The van der Waals surface area contributed by atoms with Gasteiger partial charge < -0.3 is 24.8 Å². The standard InChI is InChI=1S/C25H31N5O4/c1-4-33-16-6-14-26-23(31)19-9-11-20(12-10-19)24-28-22(29-34-24)13-15-30(3)25(32)27-21-8-5-7-18(2)17-21/h5,7-12,17H,4,6,13-16H2,1-3H3,(H,26,31)(H,27,32). The van der Waals surface area contributed by atoms with E-state index in [0.717, 1.165) is 23.2 Å². The molecule has 0 fully saturated rings. The summed E-state index contributed by atoms with van der Waals surface area (Å²) in [5.74, 6) is 0.730. The zero-order valence-electron chi connectivity index (χ0n) is 19.8. The van der Waals surface area contributed by atoms with Gasteiger partial charge in [0, 0.05) is 56.6 Å². The number of likely N-dealkylation sites (N-methyl/N-ethyl adjacent to an activating group) is 1. The first-order chi connectivity index (χ1) is 16.5. The molecule has 0 aliphatic rings. The number of amides is 3. The maximum Gasteiger partial charge on any atom is 0.321 e. The fraction of sp³-hybridized carbons (Fsp3) is 0.360. The fourth-order valence-electron chi connectivity index (χ4n) is 3.17. The van der Waals surface area contributed by atoms with Crippen molar-refractivity contribution in [2.45, 2.75) is 26.7 Å². The SMILES string of the molecule is CCOCCCNC(=O)c1ccc(-c2nc(CCN(C)C(=O)Nc3cccc(C)c3)no2)cc1. The number of carbonyl (C=O) groups is 2. The molecule has 3 aromatic rings. The van der Waals surface area contributed by atoms with Gasteiger partial charge in [-0.15, -0.1) is 0 Å². The molecule has 3 amide bonds. The minimum Gasteiger partial charge on any atom is -0.382 e. The number of hydrogen-bond donors (Lipinski definition) is 2. The van der Waals surface area contributed by atoms with Crippen LogP contribution in [0, 0.1) is 6.92 Å². The van der Waals surface area contributed by atoms with E-state index in [-0.39, 0.29) is 11.9 Å². The van der Waals surface area contributed by atoms with Crippen LogP contribution in [0.1, 0.15) is 35.1 Å². The minimum absolute atomic E-state index is 0.138. The van der Waals surface area contributed by atoms with Crippen LogP contribution in [-0.2, 0) is 11.2 Å². The van der Waals surface area contributed by atoms with Gasteiger partial charge >= 0.3 is 6.03 Å². The van der Waals surface area contributed by atoms with Crippen LogP contribution in [0.3, 0.4) is 0 Å². The number of nitrogens with zero attached hydrogens (tertiary/aromatic N) is 3. The van der Waals surface area contributed by atoms with Gasteiger partial charge in [0.25, 0.3) is 11.8 Å². The number of rotatable bonds is 11. The molecule has 1 heterocycles. The van der Waals surface area contributed by atoms with Crippen molar-refractivity contribution in [3.8, 4) is 11.5 Å². The van der Waals surface area contributed by atoms with Crippen LogP contribution >= 0.6 is 0 Å². The van der Waals surface area contributed by atoms with Crippen LogP contribution < -0.4 is 10.6 Å². The van der Waals surface area contributed by atoms with Crippen LogP contribution in [0.4, 0.5) is 10.5 Å². The molecule has 180 valence electrons. The summed E-state index contributed by atoms with van der Waals surface area (Å²) in [6, 6.07) is 14.4. The van der Waals surface area contributed by atoms with Gasteiger partial charge in [-0.05, 0) is 62.2 Å². The maximum atomic E-state index is 12.4. The lowest BCUT2D eigenvalue weighted by atomic mass is 10.1. The van der Waals surface area contributed by atoms with E-state index in [4.69, 9.17) is 9.26 Å². The highest BCUT2D eigenvalue weighted by atomic mass is 16.5. The Kier molecular flexibility index (Phi) is 9.16. The zero-order chi connectivity index (χ0) is 24.3. The van der Waals surface area contributed by atoms with Crippen molar-refractivity contribution in [3.63, 3.8) is 0 Å². The predicted octanol–water partition coefficient (Wildman–Crippen LogP) is 3.91. The average Bonchev–Trinajstić information content (AvgIpc) is 3.31. The maximum absolute atomic E-state index is 12.4. The second-order valence-corrected chi connectivity index (χ2v) is 7.87. The van der Waals surface area contributed by atoms with E-state index in [1.54, 1.807) is 36.2 Å². The first-order valence-corrected chi connectivity index (χ1v) is 11.3. The topological polar surface area (TPSA) is 110 Å². The molecule has 9 heteroatoms. The molecule has 0 saturated heterocycles. The summed E-state index contributed by atoms with van der Waals surface area (Å²) >= 11 is 0. The molecule has 0 saturated carbocycles. The van der Waals surface area contributed by atoms with Gasteiger partial charge in [-0.2, -0.15) is 4.98 Å². The van der Waals surface area contributed by atoms with E-state index in [9.17, 15) is 9.59 Å². The number of anilines is 1. The highest BCUT2D eigenvalue weighted by Crippen LogP contribution is 2.18. The molecule has 0 aliphatic heterocycles. The van der Waals surface area contributed by atoms with Crippen LogP contribution in [0.5, 0.6) is 0 Å². The number of nitrogens with one attached hydrogen (secondary N) is 2. The lowest BCUT2D eigenvalue weighted by molar-refractivity contribution is 0.0944. The lowest BCUT2D eigenvalue weighted by Gasteiger charge is -2.17. The van der Waals surface area contributed by atoms with Crippen LogP contribution in [0.15, 0.2) is 53.1 Å². The number of ether oxygens (including phenoxy) is 1. The highest BCUT2D eigenvalue weighted by Gasteiger charge is 2.14. The molecule has 3 rings (SSSR count). The molecule has 0 bridgehead atoms. The lowest BCUT2D eigenvalue weighted by Crippen LogP contribution is -2.33. The van der Waals surface area contributed by atoms with Crippen molar-refractivity contribution < 1.29 is 18.8 Å². The van der Waals surface area contributed by atoms with Crippen molar-refractivity contribution >= 4 is 17.6 Å². The first kappa shape index (κ1) is 24.9. The second kappa shape index (κ2) is 12.5. The third-order valence-corrected chi connectivity index (χ3v) is 5.10. The Labute approximate surface area is 199 Å². The molecule has 0 aliphatic carbocycles. The van der Waals surface area contributed by atoms with E-state index >= 15 is 0 Å². The summed E-state index contributed by atoms with van der Waals surface area (Å²) in [4.78, 5) is 30.6. The first-order valence-electron chi connectivity index (χ1n) is 11.3. The summed E-state index contributed by atoms with van der Waals surface area (Å²) < 4.78 is 10.6. The van der Waals surface area contributed by atoms with Crippen LogP contribution in [0.2, 0.25) is 0 Å². The van der Waals surface area contributed by atoms with E-state index < -0.39 is 0 Å². The summed E-state index contributed by atoms with van der Waals surface area (Å²) in [6.45, 7) is 6.21. The monoisotopic (exact) mass is 465 g/mol. The molecule has 0 atom stereocenters. The van der Waals surface area contributed by atoms with Gasteiger partial charge in [0.1, 0.15) is 0 Å². The fourth-order valence-corrected chi connectivity index (χ4v) is 3.17. The van der Waals surface area contributed by atoms with Crippen molar-refractivity contribution in [2.75, 3.05) is 38.7 Å². The summed E-state index contributed by atoms with van der Waals surface area (Å²) in [7, 11) is 1.72. The quantitative estimate of drug-likeness (QED) is 0.416. The molecule has 1 aromatic heterocycles. The van der Waals surface area contributed by atoms with Gasteiger partial charge in [-0.1, -0.05) is 17.3 Å². The van der Waals surface area contributed by atoms with E-state index in [1.165, 1.54) is 0 Å². The van der Waals surface area contributed by atoms with Gasteiger partial charge in [0.05, 0.1) is 0 Å². The minimum atomic E-state index is -0.207. The van der Waals surface area contributed by atoms with Gasteiger partial charge in [-0.25, -0.2) is 4.79 Å². The molecular weight excluding hydrogens is 434 g/mol. The molecule has 34 heavy (non-hydrogen) atoms. The molecule has 2 aromatic carbocycles. The van der Waals surface area contributed by atoms with Crippen LogP contribution in [0.25, 0.3) is 11.5 Å². The number of aromatic nitrogens is 2. The Morgan fingerprint density at radius 3 is 2.68 bits per heavy atom. The van der Waals surface area contributed by atoms with Gasteiger partial charge in [-0.3, -0.25) is 4.79 Å². The smallest absolute Gasteiger partial charge is 0.321 e. The molecule has 0 unspecified atom stereocenters. The van der Waals surface area contributed by atoms with Crippen LogP contribution in [-0.4, -0.2) is 60.3 Å². The summed E-state index contributed by atoms with van der Waals surface area (Å²) in [5.41, 5.74) is 3.10. The number of benzene rings is 2. The normalized spacial score (nSPS) is 10.7. The largest absolute Gasteiger partial charge is 0.382 e. The van der Waals surface area contributed by atoms with Gasteiger partial charge in [0.2, 0.25) is 0 Å².